The van der Waals surface area contributed by atoms with Crippen molar-refractivity contribution in [3.05, 3.63) is 74.7 Å². The predicted molar refractivity (Wildman–Crippen MR) is 77.7 cm³/mol. The second kappa shape index (κ2) is 4.94. The van der Waals surface area contributed by atoms with Crippen molar-refractivity contribution in [1.29, 1.82) is 0 Å². The standard InChI is InChI=1S/C15H9NO3S/c17-15-12-6-1-2-7-13(12)20-14(15)9-10-4-3-5-11(8-10)16(18)19/h1-9H. The lowest BCUT2D eigenvalue weighted by Crippen LogP contribution is -1.94. The summed E-state index contributed by atoms with van der Waals surface area (Å²) in [5.74, 6) is -0.0305. The summed E-state index contributed by atoms with van der Waals surface area (Å²) in [5.41, 5.74) is 1.37. The lowest BCUT2D eigenvalue weighted by atomic mass is 10.1. The highest BCUT2D eigenvalue weighted by Gasteiger charge is 2.25. The zero-order valence-corrected chi connectivity index (χ0v) is 11.1. The Morgan fingerprint density at radius 2 is 1.90 bits per heavy atom. The maximum atomic E-state index is 12.2. The van der Waals surface area contributed by atoms with Gasteiger partial charge in [-0.1, -0.05) is 36.0 Å². The second-order valence-corrected chi connectivity index (χ2v) is 5.37. The first-order chi connectivity index (χ1) is 9.65. The van der Waals surface area contributed by atoms with E-state index < -0.39 is 4.92 Å². The first kappa shape index (κ1) is 12.6. The van der Waals surface area contributed by atoms with E-state index in [2.05, 4.69) is 0 Å². The van der Waals surface area contributed by atoms with Crippen molar-refractivity contribution in [3.8, 4) is 0 Å². The lowest BCUT2D eigenvalue weighted by Gasteiger charge is -1.96. The number of fused-ring (bicyclic) bond motifs is 1. The number of nitrogens with zero attached hydrogens (tertiary/aromatic N) is 1. The molecule has 3 rings (SSSR count). The smallest absolute Gasteiger partial charge is 0.270 e. The van der Waals surface area contributed by atoms with Crippen molar-refractivity contribution in [2.75, 3.05) is 0 Å². The van der Waals surface area contributed by atoms with Crippen LogP contribution in [0.3, 0.4) is 0 Å². The number of Topliss-reactive ketones (excluding diaryl/α,β-unsaturated/α-hetero) is 1. The van der Waals surface area contributed by atoms with Crippen LogP contribution in [0.25, 0.3) is 6.08 Å². The van der Waals surface area contributed by atoms with Crippen molar-refractivity contribution in [2.24, 2.45) is 0 Å². The Kier molecular flexibility index (Phi) is 3.12. The molecule has 20 heavy (non-hydrogen) atoms. The van der Waals surface area contributed by atoms with Gasteiger partial charge in [-0.25, -0.2) is 0 Å². The van der Waals surface area contributed by atoms with Gasteiger partial charge in [0.1, 0.15) is 0 Å². The maximum absolute atomic E-state index is 12.2. The van der Waals surface area contributed by atoms with E-state index in [-0.39, 0.29) is 11.5 Å². The minimum atomic E-state index is -0.444. The van der Waals surface area contributed by atoms with Crippen molar-refractivity contribution in [3.63, 3.8) is 0 Å². The molecule has 0 amide bonds. The van der Waals surface area contributed by atoms with Crippen LogP contribution in [0.2, 0.25) is 0 Å². The minimum Gasteiger partial charge on any atom is -0.288 e. The SMILES string of the molecule is O=C1C(=Cc2cccc([N+](=O)[O-])c2)Sc2ccccc21. The summed E-state index contributed by atoms with van der Waals surface area (Å²) in [6.07, 6.45) is 1.69. The molecule has 0 saturated carbocycles. The van der Waals surface area contributed by atoms with E-state index in [4.69, 9.17) is 0 Å². The molecule has 0 spiro atoms. The molecule has 4 nitrogen and oxygen atoms in total. The Morgan fingerprint density at radius 1 is 1.10 bits per heavy atom. The van der Waals surface area contributed by atoms with E-state index in [1.165, 1.54) is 23.9 Å². The number of carbonyl (C=O) groups excluding carboxylic acids is 1. The fraction of sp³-hybridized carbons (Fsp3) is 0. The minimum absolute atomic E-state index is 0.0207. The van der Waals surface area contributed by atoms with Crippen LogP contribution in [0.5, 0.6) is 0 Å². The van der Waals surface area contributed by atoms with Gasteiger partial charge < -0.3 is 0 Å². The molecule has 0 radical (unpaired) electrons. The van der Waals surface area contributed by atoms with Crippen LogP contribution in [0.4, 0.5) is 5.69 Å². The highest BCUT2D eigenvalue weighted by atomic mass is 32.2. The number of benzene rings is 2. The number of nitro groups is 1. The van der Waals surface area contributed by atoms with E-state index in [0.717, 1.165) is 4.90 Å². The van der Waals surface area contributed by atoms with Gasteiger partial charge in [0.2, 0.25) is 5.78 Å². The quantitative estimate of drug-likeness (QED) is 0.476. The molecule has 1 aliphatic rings. The molecule has 1 heterocycles. The molecule has 2 aromatic carbocycles. The van der Waals surface area contributed by atoms with Crippen LogP contribution in [-0.4, -0.2) is 10.7 Å². The van der Waals surface area contributed by atoms with Gasteiger partial charge in [-0.3, -0.25) is 14.9 Å². The van der Waals surface area contributed by atoms with Gasteiger partial charge >= 0.3 is 0 Å². The van der Waals surface area contributed by atoms with Gasteiger partial charge in [0.05, 0.1) is 9.83 Å². The summed E-state index contributed by atoms with van der Waals surface area (Å²) in [6.45, 7) is 0. The number of ketones is 1. The highest BCUT2D eigenvalue weighted by Crippen LogP contribution is 2.40. The zero-order chi connectivity index (χ0) is 14.1. The molecule has 0 unspecified atom stereocenters. The van der Waals surface area contributed by atoms with Gasteiger partial charge in [0.15, 0.2) is 0 Å². The molecule has 0 fully saturated rings. The number of nitro benzene ring substituents is 1. The summed E-state index contributed by atoms with van der Waals surface area (Å²) in [4.78, 5) is 24.0. The molecular weight excluding hydrogens is 274 g/mol. The normalized spacial score (nSPS) is 15.4. The van der Waals surface area contributed by atoms with Crippen LogP contribution in [0.1, 0.15) is 15.9 Å². The molecule has 2 aromatic rings. The number of allylic oxidation sites excluding steroid dienone is 1. The Labute approximate surface area is 119 Å². The van der Waals surface area contributed by atoms with Gasteiger partial charge in [0.25, 0.3) is 5.69 Å². The molecule has 1 aliphatic heterocycles. The third kappa shape index (κ3) is 2.23. The van der Waals surface area contributed by atoms with Gasteiger partial charge in [-0.15, -0.1) is 0 Å². The van der Waals surface area contributed by atoms with E-state index in [1.54, 1.807) is 24.3 Å². The first-order valence-corrected chi connectivity index (χ1v) is 6.74. The van der Waals surface area contributed by atoms with E-state index in [9.17, 15) is 14.9 Å². The molecule has 0 bridgehead atoms. The highest BCUT2D eigenvalue weighted by molar-refractivity contribution is 8.04. The molecule has 0 aromatic heterocycles. The summed E-state index contributed by atoms with van der Waals surface area (Å²) in [5, 5.41) is 10.7. The Bertz CT molecular complexity index is 752. The molecule has 0 aliphatic carbocycles. The molecule has 0 atom stereocenters. The average Bonchev–Trinajstić information content (AvgIpc) is 2.76. The number of hydrogen-bond acceptors (Lipinski definition) is 4. The average molecular weight is 283 g/mol. The Balaban J connectivity index is 1.97. The van der Waals surface area contributed by atoms with Gasteiger partial charge in [-0.2, -0.15) is 0 Å². The van der Waals surface area contributed by atoms with Crippen LogP contribution in [0, 0.1) is 10.1 Å². The third-order valence-corrected chi connectivity index (χ3v) is 4.05. The Morgan fingerprint density at radius 3 is 2.65 bits per heavy atom. The van der Waals surface area contributed by atoms with Crippen molar-refractivity contribution >= 4 is 29.3 Å². The van der Waals surface area contributed by atoms with Crippen LogP contribution in [0.15, 0.2) is 58.3 Å². The van der Waals surface area contributed by atoms with E-state index in [1.807, 2.05) is 18.2 Å². The van der Waals surface area contributed by atoms with Crippen molar-refractivity contribution in [2.45, 2.75) is 4.90 Å². The zero-order valence-electron chi connectivity index (χ0n) is 10.3. The monoisotopic (exact) mass is 283 g/mol. The number of hydrogen-bond donors (Lipinski definition) is 0. The van der Waals surface area contributed by atoms with Crippen molar-refractivity contribution < 1.29 is 9.72 Å². The fourth-order valence-corrected chi connectivity index (χ4v) is 3.07. The number of carbonyl (C=O) groups is 1. The summed E-state index contributed by atoms with van der Waals surface area (Å²) in [6, 6.07) is 13.6. The lowest BCUT2D eigenvalue weighted by molar-refractivity contribution is -0.384. The van der Waals surface area contributed by atoms with Crippen LogP contribution in [-0.2, 0) is 0 Å². The summed E-state index contributed by atoms with van der Waals surface area (Å²) < 4.78 is 0. The Hall–Kier alpha value is -2.40. The topological polar surface area (TPSA) is 60.2 Å². The number of thioether (sulfide) groups is 1. The predicted octanol–water partition coefficient (Wildman–Crippen LogP) is 3.92. The van der Waals surface area contributed by atoms with Crippen LogP contribution < -0.4 is 0 Å². The summed E-state index contributed by atoms with van der Waals surface area (Å²) >= 11 is 1.40. The summed E-state index contributed by atoms with van der Waals surface area (Å²) in [7, 11) is 0. The van der Waals surface area contributed by atoms with Crippen LogP contribution >= 0.6 is 11.8 Å². The molecule has 5 heteroatoms. The fourth-order valence-electron chi connectivity index (χ4n) is 2.02. The molecule has 0 saturated heterocycles. The largest absolute Gasteiger partial charge is 0.288 e. The van der Waals surface area contributed by atoms with E-state index in [0.29, 0.717) is 16.0 Å². The van der Waals surface area contributed by atoms with Gasteiger partial charge in [0, 0.05) is 22.6 Å². The van der Waals surface area contributed by atoms with Crippen molar-refractivity contribution in [1.82, 2.24) is 0 Å². The second-order valence-electron chi connectivity index (χ2n) is 4.29. The maximum Gasteiger partial charge on any atom is 0.270 e. The number of rotatable bonds is 2. The first-order valence-electron chi connectivity index (χ1n) is 5.93. The van der Waals surface area contributed by atoms with Gasteiger partial charge in [-0.05, 0) is 23.8 Å². The molecular formula is C15H9NO3S. The molecule has 0 N–H and O–H groups in total. The third-order valence-electron chi connectivity index (χ3n) is 2.95. The molecule has 98 valence electrons. The number of non-ortho nitro benzene ring substituents is 1. The van der Waals surface area contributed by atoms with E-state index >= 15 is 0 Å².